The smallest absolute Gasteiger partial charge is 0.296 e. The van der Waals surface area contributed by atoms with Crippen LogP contribution in [0.1, 0.15) is 0 Å². The zero-order valence-corrected chi connectivity index (χ0v) is 31.2. The zero-order valence-electron chi connectivity index (χ0n) is 28.0. The molecule has 6 aromatic carbocycles. The van der Waals surface area contributed by atoms with Crippen molar-refractivity contribution in [2.75, 3.05) is 11.5 Å². The minimum atomic E-state index is -5.12. The molecule has 0 amide bonds. The minimum absolute atomic E-state index is 0.0829. The normalized spacial score (nSPS) is 13.3. The van der Waals surface area contributed by atoms with Gasteiger partial charge in [-0.25, -0.2) is 0 Å². The summed E-state index contributed by atoms with van der Waals surface area (Å²) in [5.74, 6) is -1.77. The van der Waals surface area contributed by atoms with E-state index in [1.807, 2.05) is 0 Å². The van der Waals surface area contributed by atoms with Crippen LogP contribution in [-0.4, -0.2) is 67.1 Å². The number of nitrogens with two attached hydrogens (primary N) is 2. The maximum absolute atomic E-state index is 12.3. The summed E-state index contributed by atoms with van der Waals surface area (Å²) in [5, 5.41) is 37.7. The number of aromatic nitrogens is 1. The lowest BCUT2D eigenvalue weighted by Crippen LogP contribution is -2.02. The van der Waals surface area contributed by atoms with Gasteiger partial charge in [-0.3, -0.25) is 18.2 Å². The number of phenols is 2. The number of phenolic OH excluding ortho intramolecular Hbond substituents is 2. The Balaban J connectivity index is 1.31. The van der Waals surface area contributed by atoms with Crippen LogP contribution >= 0.6 is 0 Å². The molecule has 0 fully saturated rings. The number of anilines is 2. The predicted octanol–water partition coefficient (Wildman–Crippen LogP) is 6.02. The van der Waals surface area contributed by atoms with Gasteiger partial charge in [0.2, 0.25) is 0 Å². The van der Waals surface area contributed by atoms with Gasteiger partial charge in [0.1, 0.15) is 21.2 Å². The van der Waals surface area contributed by atoms with Gasteiger partial charge in [0.05, 0.1) is 21.2 Å². The van der Waals surface area contributed by atoms with Gasteiger partial charge in [-0.2, -0.15) is 43.9 Å². The number of azo groups is 2. The molecular formula is C32H23N7O14S4. The zero-order chi connectivity index (χ0) is 41.6. The summed E-state index contributed by atoms with van der Waals surface area (Å²) < 4.78 is 135. The van der Waals surface area contributed by atoms with Crippen LogP contribution in [0.2, 0.25) is 0 Å². The van der Waals surface area contributed by atoms with Crippen LogP contribution < -0.4 is 11.5 Å². The molecule has 0 saturated heterocycles. The number of hydrogen-bond donors (Lipinski definition) is 9. The Bertz CT molecular complexity index is 3230. The number of benzene rings is 6. The van der Waals surface area contributed by atoms with Crippen molar-refractivity contribution in [2.45, 2.75) is 19.6 Å². The molecule has 0 aliphatic rings. The third-order valence-electron chi connectivity index (χ3n) is 8.56. The van der Waals surface area contributed by atoms with E-state index in [9.17, 15) is 62.1 Å². The second-order valence-corrected chi connectivity index (χ2v) is 17.9. The Morgan fingerprint density at radius 1 is 0.474 bits per heavy atom. The van der Waals surface area contributed by atoms with Crippen molar-refractivity contribution in [1.82, 2.24) is 4.98 Å². The second-order valence-electron chi connectivity index (χ2n) is 12.3. The van der Waals surface area contributed by atoms with E-state index in [0.29, 0.717) is 21.8 Å². The molecule has 1 aromatic heterocycles. The summed E-state index contributed by atoms with van der Waals surface area (Å²) in [4.78, 5) is -0.212. The molecule has 11 N–H and O–H groups in total. The van der Waals surface area contributed by atoms with E-state index in [-0.39, 0.29) is 44.3 Å². The molecule has 21 nitrogen and oxygen atoms in total. The van der Waals surface area contributed by atoms with E-state index in [4.69, 9.17) is 11.5 Å². The summed E-state index contributed by atoms with van der Waals surface area (Å²) in [7, 11) is -19.8. The van der Waals surface area contributed by atoms with Crippen molar-refractivity contribution in [3.8, 4) is 11.5 Å². The molecule has 7 aromatic rings. The van der Waals surface area contributed by atoms with Gasteiger partial charge in [-0.05, 0) is 83.6 Å². The molecule has 57 heavy (non-hydrogen) atoms. The van der Waals surface area contributed by atoms with E-state index in [1.54, 1.807) is 12.1 Å². The largest absolute Gasteiger partial charge is 0.505 e. The van der Waals surface area contributed by atoms with Crippen molar-refractivity contribution in [3.63, 3.8) is 0 Å². The van der Waals surface area contributed by atoms with E-state index in [2.05, 4.69) is 25.4 Å². The molecule has 0 atom stereocenters. The van der Waals surface area contributed by atoms with E-state index < -0.39 is 82.9 Å². The van der Waals surface area contributed by atoms with Crippen LogP contribution in [0.3, 0.4) is 0 Å². The Morgan fingerprint density at radius 3 is 1.18 bits per heavy atom. The van der Waals surface area contributed by atoms with Crippen LogP contribution in [0.25, 0.3) is 43.4 Å². The maximum Gasteiger partial charge on any atom is 0.296 e. The third kappa shape index (κ3) is 7.15. The first kappa shape index (κ1) is 38.9. The van der Waals surface area contributed by atoms with Crippen LogP contribution in [0.5, 0.6) is 11.5 Å². The van der Waals surface area contributed by atoms with Crippen molar-refractivity contribution >= 4 is 118 Å². The molecule has 294 valence electrons. The lowest BCUT2D eigenvalue weighted by molar-refractivity contribution is 0.471. The van der Waals surface area contributed by atoms with Crippen molar-refractivity contribution in [2.24, 2.45) is 20.5 Å². The van der Waals surface area contributed by atoms with Crippen molar-refractivity contribution < 1.29 is 62.1 Å². The molecule has 0 bridgehead atoms. The fourth-order valence-electron chi connectivity index (χ4n) is 6.08. The Morgan fingerprint density at radius 2 is 0.842 bits per heavy atom. The highest BCUT2D eigenvalue weighted by molar-refractivity contribution is 7.86. The second kappa shape index (κ2) is 13.1. The number of nitrogens with zero attached hydrogens (tertiary/aromatic N) is 4. The van der Waals surface area contributed by atoms with Gasteiger partial charge in [-0.15, -0.1) is 10.2 Å². The van der Waals surface area contributed by atoms with Gasteiger partial charge in [0, 0.05) is 44.0 Å². The first-order chi connectivity index (χ1) is 26.4. The van der Waals surface area contributed by atoms with E-state index >= 15 is 0 Å². The topological polar surface area (TPSA) is 375 Å². The molecular weight excluding hydrogens is 835 g/mol. The van der Waals surface area contributed by atoms with Crippen LogP contribution in [0, 0.1) is 0 Å². The van der Waals surface area contributed by atoms with Crippen LogP contribution in [0.15, 0.2) is 113 Å². The third-order valence-corrected chi connectivity index (χ3v) is 12.0. The summed E-state index contributed by atoms with van der Waals surface area (Å²) >= 11 is 0. The number of fused-ring (bicyclic) bond motifs is 5. The molecule has 7 rings (SSSR count). The molecule has 0 aliphatic heterocycles. The lowest BCUT2D eigenvalue weighted by atomic mass is 10.1. The fourth-order valence-corrected chi connectivity index (χ4v) is 8.50. The number of nitrogens with one attached hydrogen (secondary N) is 1. The van der Waals surface area contributed by atoms with Crippen molar-refractivity contribution in [1.29, 1.82) is 0 Å². The molecule has 25 heteroatoms. The maximum atomic E-state index is 12.3. The number of aromatic hydroxyl groups is 2. The predicted molar refractivity (Wildman–Crippen MR) is 203 cm³/mol. The average molecular weight is 858 g/mol. The average Bonchev–Trinajstić information content (AvgIpc) is 3.45. The van der Waals surface area contributed by atoms with Gasteiger partial charge in [0.25, 0.3) is 40.5 Å². The molecule has 0 radical (unpaired) electrons. The number of nitrogen functional groups attached to an aromatic ring is 2. The lowest BCUT2D eigenvalue weighted by Gasteiger charge is -2.12. The number of rotatable bonds is 8. The number of H-pyrrole nitrogens is 1. The van der Waals surface area contributed by atoms with Gasteiger partial charge in [0.15, 0.2) is 11.5 Å². The van der Waals surface area contributed by atoms with Gasteiger partial charge < -0.3 is 26.7 Å². The van der Waals surface area contributed by atoms with Crippen molar-refractivity contribution in [3.05, 3.63) is 72.8 Å². The quantitative estimate of drug-likeness (QED) is 0.0479. The number of hydrogen-bond acceptors (Lipinski definition) is 16. The fraction of sp³-hybridized carbons (Fsp3) is 0. The molecule has 0 unspecified atom stereocenters. The Labute approximate surface area is 319 Å². The first-order valence-corrected chi connectivity index (χ1v) is 21.1. The standard InChI is InChI=1S/C32H23N7O14S4/c33-21-11-17(54(42,43)44)5-13-7-25(56(48,49)50)29(31(40)27(13)21)38-36-15-1-3-23-19(9-15)20-10-16(2-4-24(20)35-23)37-39-30-26(57(51,52)53)8-14-6-18(55(45,46)47)12-22(34)28(14)32(30)41/h1-12,35,40-41H,33-34H2,(H,42,43,44)(H,45,46,47)(H,48,49,50)(H,51,52,53). The van der Waals surface area contributed by atoms with E-state index in [1.165, 1.54) is 24.3 Å². The van der Waals surface area contributed by atoms with Gasteiger partial charge in [-0.1, -0.05) is 0 Å². The van der Waals surface area contributed by atoms with Crippen LogP contribution in [0.4, 0.5) is 34.1 Å². The Hall–Kier alpha value is -6.32. The summed E-state index contributed by atoms with van der Waals surface area (Å²) in [5.41, 5.74) is 10.8. The highest BCUT2D eigenvalue weighted by Gasteiger charge is 2.26. The summed E-state index contributed by atoms with van der Waals surface area (Å²) in [6, 6.07) is 13.9. The molecule has 0 saturated carbocycles. The molecule has 0 spiro atoms. The first-order valence-electron chi connectivity index (χ1n) is 15.4. The van der Waals surface area contributed by atoms with Gasteiger partial charge >= 0.3 is 0 Å². The highest BCUT2D eigenvalue weighted by atomic mass is 32.2. The summed E-state index contributed by atoms with van der Waals surface area (Å²) in [6.07, 6.45) is 0. The van der Waals surface area contributed by atoms with E-state index in [0.717, 1.165) is 36.4 Å². The Kier molecular flexibility index (Phi) is 8.97. The monoisotopic (exact) mass is 857 g/mol. The SMILES string of the molecule is Nc1cc(S(=O)(=O)O)cc2cc(S(=O)(=O)O)c(N=Nc3ccc4[nH]c5ccc(N=Nc6c(S(=O)(=O)O)cc7cc(S(=O)(=O)O)cc(N)c7c6O)cc5c4c3)c(O)c12. The molecule has 0 aliphatic carbocycles. The molecule has 1 heterocycles. The number of aromatic amines is 1. The highest BCUT2D eigenvalue weighted by Crippen LogP contribution is 2.46. The summed E-state index contributed by atoms with van der Waals surface area (Å²) in [6.45, 7) is 0. The minimum Gasteiger partial charge on any atom is -0.505 e. The van der Waals surface area contributed by atoms with Crippen LogP contribution in [-0.2, 0) is 40.5 Å².